The quantitative estimate of drug-likeness (QED) is 0.0937. The zero-order chi connectivity index (χ0) is 51.7. The molecule has 0 radical (unpaired) electrons. The number of benzene rings is 4. The van der Waals surface area contributed by atoms with Gasteiger partial charge >= 0.3 is 12.2 Å². The second-order valence-corrected chi connectivity index (χ2v) is 21.4. The number of hydrogen-bond acceptors (Lipinski definition) is 8. The molecule has 14 nitrogen and oxygen atoms in total. The number of aromatic amines is 2. The van der Waals surface area contributed by atoms with Crippen molar-refractivity contribution in [3.63, 3.8) is 0 Å². The Balaban J connectivity index is 0.896. The fraction of sp³-hybridized carbons (Fsp3) is 0.424. The molecule has 382 valence electrons. The van der Waals surface area contributed by atoms with E-state index in [0.29, 0.717) is 13.1 Å². The first-order valence-corrected chi connectivity index (χ1v) is 26.0. The minimum absolute atomic E-state index is 0.114. The number of hydrogen-bond donors (Lipinski definition) is 4. The van der Waals surface area contributed by atoms with E-state index >= 15 is 0 Å². The van der Waals surface area contributed by atoms with Gasteiger partial charge < -0.3 is 39.9 Å². The fourth-order valence-electron chi connectivity index (χ4n) is 11.1. The van der Waals surface area contributed by atoms with Crippen LogP contribution in [0.15, 0.2) is 97.3 Å². The summed E-state index contributed by atoms with van der Waals surface area (Å²) in [6, 6.07) is 29.5. The van der Waals surface area contributed by atoms with Gasteiger partial charge in [0.25, 0.3) is 0 Å². The Morgan fingerprint density at radius 1 is 0.589 bits per heavy atom. The van der Waals surface area contributed by atoms with Crippen LogP contribution in [-0.2, 0) is 38.3 Å². The number of alkyl carbamates (subject to hydrolysis) is 2. The molecule has 2 saturated heterocycles. The summed E-state index contributed by atoms with van der Waals surface area (Å²) in [7, 11) is 2.61. The molecule has 12 rings (SSSR count). The second-order valence-electron chi connectivity index (χ2n) is 21.4. The van der Waals surface area contributed by atoms with Crippen molar-refractivity contribution in [2.24, 2.45) is 23.7 Å². The summed E-state index contributed by atoms with van der Waals surface area (Å²) >= 11 is 0. The molecule has 2 aliphatic heterocycles. The maximum atomic E-state index is 13.9. The number of carbonyl (C=O) groups excluding carboxylic acids is 4. The SMILES string of the molecule is COC(=O)N[C@H](C(=O)N1C[C@H](C)C[C@H]1c1nc(-c2ccc(-c3cc4ccc3CCc3ccc(c(-c5ccc(-c6c[nH]c([C@@H]7C[C@@H](C)CN7C(=O)[C@@H](NC(=O)OC)C(C)C)n6)cc5)c3)C[C@H]4C)cc2)c[nH]1)C(C)C. The molecular formula is C59H70N8O6. The highest BCUT2D eigenvalue weighted by Gasteiger charge is 2.42. The molecule has 6 aliphatic rings. The number of carbonyl (C=O) groups is 4. The second kappa shape index (κ2) is 21.5. The maximum absolute atomic E-state index is 13.9. The highest BCUT2D eigenvalue weighted by molar-refractivity contribution is 5.87. The fourth-order valence-corrected chi connectivity index (χ4v) is 11.1. The number of aryl methyl sites for hydroxylation is 2. The van der Waals surface area contributed by atoms with E-state index in [2.05, 4.69) is 126 Å². The Labute approximate surface area is 429 Å². The van der Waals surface area contributed by atoms with Crippen molar-refractivity contribution in [1.29, 1.82) is 0 Å². The van der Waals surface area contributed by atoms with Crippen LogP contribution < -0.4 is 10.6 Å². The number of methoxy groups -OCH3 is 2. The van der Waals surface area contributed by atoms with Crippen LogP contribution in [0.2, 0.25) is 0 Å². The summed E-state index contributed by atoms with van der Waals surface area (Å²) in [4.78, 5) is 72.6. The first-order valence-electron chi connectivity index (χ1n) is 26.0. The van der Waals surface area contributed by atoms with Crippen LogP contribution in [0.1, 0.15) is 113 Å². The van der Waals surface area contributed by atoms with Crippen molar-refractivity contribution in [2.75, 3.05) is 27.3 Å². The molecule has 0 saturated carbocycles. The molecule has 4 N–H and O–H groups in total. The third kappa shape index (κ3) is 10.8. The van der Waals surface area contributed by atoms with Gasteiger partial charge in [0.1, 0.15) is 23.7 Å². The van der Waals surface area contributed by atoms with E-state index in [4.69, 9.17) is 19.4 Å². The summed E-state index contributed by atoms with van der Waals surface area (Å²) in [6.45, 7) is 15.4. The molecule has 14 heteroatoms. The minimum atomic E-state index is -0.700. The van der Waals surface area contributed by atoms with Crippen LogP contribution >= 0.6 is 0 Å². The average molecular weight is 987 g/mol. The number of aromatic nitrogens is 4. The molecule has 0 spiro atoms. The Kier molecular flexibility index (Phi) is 14.9. The van der Waals surface area contributed by atoms with Gasteiger partial charge in [-0.2, -0.15) is 0 Å². The lowest BCUT2D eigenvalue weighted by atomic mass is 9.84. The van der Waals surface area contributed by atoms with Crippen molar-refractivity contribution < 1.29 is 28.7 Å². The van der Waals surface area contributed by atoms with E-state index in [-0.39, 0.29) is 53.5 Å². The van der Waals surface area contributed by atoms with Gasteiger partial charge in [-0.15, -0.1) is 0 Å². The Hall–Kier alpha value is -7.22. The lowest BCUT2D eigenvalue weighted by Gasteiger charge is -2.30. The van der Waals surface area contributed by atoms with Crippen LogP contribution in [0.4, 0.5) is 9.59 Å². The third-order valence-electron chi connectivity index (χ3n) is 15.3. The van der Waals surface area contributed by atoms with E-state index in [1.54, 1.807) is 0 Å². The molecule has 4 amide bonds. The predicted octanol–water partition coefficient (Wildman–Crippen LogP) is 10.8. The topological polar surface area (TPSA) is 175 Å². The minimum Gasteiger partial charge on any atom is -0.453 e. The summed E-state index contributed by atoms with van der Waals surface area (Å²) in [5, 5.41) is 5.49. The molecule has 2 aromatic heterocycles. The zero-order valence-electron chi connectivity index (χ0n) is 43.6. The average Bonchev–Trinajstić information content (AvgIpc) is 4.23. The third-order valence-corrected chi connectivity index (χ3v) is 15.3. The summed E-state index contributed by atoms with van der Waals surface area (Å²) in [5.74, 6) is 1.81. The Bertz CT molecular complexity index is 2960. The van der Waals surface area contributed by atoms with E-state index < -0.39 is 24.3 Å². The van der Waals surface area contributed by atoms with Gasteiger partial charge in [-0.25, -0.2) is 19.6 Å². The van der Waals surface area contributed by atoms with Crippen molar-refractivity contribution >= 4 is 24.0 Å². The van der Waals surface area contributed by atoms with Crippen LogP contribution in [0, 0.1) is 23.7 Å². The van der Waals surface area contributed by atoms with Gasteiger partial charge in [0.05, 0.1) is 37.7 Å². The lowest BCUT2D eigenvalue weighted by molar-refractivity contribution is -0.136. The molecule has 2 fully saturated rings. The highest BCUT2D eigenvalue weighted by Crippen LogP contribution is 2.40. The van der Waals surface area contributed by atoms with Gasteiger partial charge in [0.15, 0.2) is 0 Å². The van der Waals surface area contributed by atoms with Crippen molar-refractivity contribution in [1.82, 2.24) is 40.4 Å². The number of amides is 4. The largest absolute Gasteiger partial charge is 0.453 e. The molecule has 6 aromatic rings. The van der Waals surface area contributed by atoms with Crippen molar-refractivity contribution in [3.05, 3.63) is 131 Å². The van der Waals surface area contributed by atoms with Crippen LogP contribution in [0.25, 0.3) is 44.8 Å². The molecule has 7 atom stereocenters. The van der Waals surface area contributed by atoms with Gasteiger partial charge in [-0.3, -0.25) is 9.59 Å². The molecule has 4 aromatic carbocycles. The number of ether oxygens (including phenoxy) is 2. The molecule has 73 heavy (non-hydrogen) atoms. The van der Waals surface area contributed by atoms with E-state index in [9.17, 15) is 19.2 Å². The molecular weight excluding hydrogens is 917 g/mol. The van der Waals surface area contributed by atoms with Gasteiger partial charge in [-0.1, -0.05) is 133 Å². The zero-order valence-corrected chi connectivity index (χ0v) is 43.6. The number of nitrogens with one attached hydrogen (secondary N) is 4. The molecule has 0 unspecified atom stereocenters. The van der Waals surface area contributed by atoms with Crippen molar-refractivity contribution in [3.8, 4) is 44.8 Å². The number of likely N-dealkylation sites (tertiary alicyclic amines) is 2. The lowest BCUT2D eigenvalue weighted by Crippen LogP contribution is -2.51. The van der Waals surface area contributed by atoms with Crippen molar-refractivity contribution in [2.45, 2.75) is 111 Å². The standard InChI is InChI=1S/C59H70N8O6/c1-33(2)52(64-58(70)72-8)56(68)66-31-35(5)24-50(66)54-60-29-48(62-54)42-19-14-40(15-20-42)46-27-38-10-12-39-18-23-44(37(7)26-45(46)13-11-38)28-47(39)41-16-21-43(22-17-41)49-30-61-55(63-49)51-25-36(6)32-67(51)57(69)53(34(3)4)65-59(71)73-9/h11,13-23,27-30,33-37,50-53H,10,12,24-26,31-32H2,1-9H3,(H,60,62)(H,61,63)(H,64,70)(H,65,71)/t35-,36-,37-,50+,51+,52+,53+/m1/s1. The number of rotatable bonds is 12. The Morgan fingerprint density at radius 3 is 1.51 bits per heavy atom. The number of H-pyrrole nitrogens is 2. The smallest absolute Gasteiger partial charge is 0.407 e. The Morgan fingerprint density at radius 2 is 1.04 bits per heavy atom. The first kappa shape index (κ1) is 50.7. The summed E-state index contributed by atoms with van der Waals surface area (Å²) in [5.41, 5.74) is 13.6. The molecule has 4 heterocycles. The van der Waals surface area contributed by atoms with Crippen LogP contribution in [-0.4, -0.2) is 93.1 Å². The molecule has 4 aliphatic carbocycles. The van der Waals surface area contributed by atoms with E-state index in [0.717, 1.165) is 77.4 Å². The van der Waals surface area contributed by atoms with Crippen LogP contribution in [0.5, 0.6) is 0 Å². The van der Waals surface area contributed by atoms with Gasteiger partial charge in [-0.05, 0) is 106 Å². The van der Waals surface area contributed by atoms with Crippen LogP contribution in [0.3, 0.4) is 0 Å². The van der Waals surface area contributed by atoms with E-state index in [1.165, 1.54) is 47.6 Å². The van der Waals surface area contributed by atoms with E-state index in [1.807, 2.05) is 49.9 Å². The van der Waals surface area contributed by atoms with Gasteiger partial charge in [0.2, 0.25) is 11.8 Å². The summed E-state index contributed by atoms with van der Waals surface area (Å²) in [6.07, 6.45) is 6.82. The molecule has 4 bridgehead atoms. The van der Waals surface area contributed by atoms with Gasteiger partial charge in [0, 0.05) is 36.6 Å². The number of imidazole rings is 2. The predicted molar refractivity (Wildman–Crippen MR) is 283 cm³/mol. The highest BCUT2D eigenvalue weighted by atomic mass is 16.5. The maximum Gasteiger partial charge on any atom is 0.407 e. The monoisotopic (exact) mass is 987 g/mol. The first-order chi connectivity index (χ1) is 35.1. The number of nitrogens with zero attached hydrogens (tertiary/aromatic N) is 4. The summed E-state index contributed by atoms with van der Waals surface area (Å²) < 4.78 is 9.65. The normalized spacial score (nSPS) is 20.5.